The summed E-state index contributed by atoms with van der Waals surface area (Å²) in [4.78, 5) is 12.5. The van der Waals surface area contributed by atoms with Crippen molar-refractivity contribution >= 4 is 21.6 Å². The van der Waals surface area contributed by atoms with Crippen LogP contribution in [-0.4, -0.2) is 30.4 Å². The van der Waals surface area contributed by atoms with Crippen LogP contribution in [0.4, 0.5) is 10.1 Å². The van der Waals surface area contributed by atoms with E-state index in [-0.39, 0.29) is 11.4 Å². The number of anilines is 1. The summed E-state index contributed by atoms with van der Waals surface area (Å²) in [5.41, 5.74) is 1.51. The van der Waals surface area contributed by atoms with Crippen molar-refractivity contribution in [2.45, 2.75) is 13.0 Å². The Labute approximate surface area is 162 Å². The van der Waals surface area contributed by atoms with E-state index in [2.05, 4.69) is 15.1 Å². The summed E-state index contributed by atoms with van der Waals surface area (Å²) in [6.07, 6.45) is 2.57. The van der Waals surface area contributed by atoms with Gasteiger partial charge in [-0.2, -0.15) is 5.10 Å². The van der Waals surface area contributed by atoms with E-state index in [9.17, 15) is 17.6 Å². The van der Waals surface area contributed by atoms with Gasteiger partial charge in [-0.05, 0) is 42.8 Å². The number of sulfonamides is 1. The second-order valence-corrected chi connectivity index (χ2v) is 8.04. The molecule has 0 radical (unpaired) electrons. The summed E-state index contributed by atoms with van der Waals surface area (Å²) < 4.78 is 40.3. The van der Waals surface area contributed by atoms with Crippen LogP contribution in [0.3, 0.4) is 0 Å². The fourth-order valence-corrected chi connectivity index (χ4v) is 3.21. The zero-order chi connectivity index (χ0) is 20.3. The minimum absolute atomic E-state index is 0.139. The van der Waals surface area contributed by atoms with Gasteiger partial charge in [0, 0.05) is 11.9 Å². The van der Waals surface area contributed by atoms with Crippen molar-refractivity contribution < 1.29 is 17.6 Å². The molecular weight excluding hydrogens is 383 g/mol. The summed E-state index contributed by atoms with van der Waals surface area (Å²) in [7, 11) is -3.39. The highest BCUT2D eigenvalue weighted by molar-refractivity contribution is 7.92. The van der Waals surface area contributed by atoms with Gasteiger partial charge in [-0.1, -0.05) is 24.3 Å². The van der Waals surface area contributed by atoms with Crippen molar-refractivity contribution in [1.82, 2.24) is 15.1 Å². The zero-order valence-corrected chi connectivity index (χ0v) is 16.1. The van der Waals surface area contributed by atoms with Gasteiger partial charge >= 0.3 is 0 Å². The Morgan fingerprint density at radius 1 is 1.14 bits per heavy atom. The maximum Gasteiger partial charge on any atom is 0.272 e. The maximum atomic E-state index is 13.9. The number of rotatable bonds is 6. The predicted molar refractivity (Wildman–Crippen MR) is 104 cm³/mol. The van der Waals surface area contributed by atoms with Crippen LogP contribution in [0, 0.1) is 5.82 Å². The smallest absolute Gasteiger partial charge is 0.272 e. The van der Waals surface area contributed by atoms with Crippen LogP contribution in [0.25, 0.3) is 5.69 Å². The van der Waals surface area contributed by atoms with E-state index in [1.165, 1.54) is 23.0 Å². The molecule has 2 aromatic carbocycles. The lowest BCUT2D eigenvalue weighted by Gasteiger charge is -2.15. The number of aromatic nitrogens is 2. The lowest BCUT2D eigenvalue weighted by atomic mass is 10.1. The first kappa shape index (κ1) is 19.6. The highest BCUT2D eigenvalue weighted by atomic mass is 32.2. The van der Waals surface area contributed by atoms with Crippen LogP contribution >= 0.6 is 0 Å². The number of amides is 1. The third kappa shape index (κ3) is 4.74. The molecule has 3 rings (SSSR count). The third-order valence-corrected chi connectivity index (χ3v) is 4.56. The fourth-order valence-electron chi connectivity index (χ4n) is 2.66. The second-order valence-electron chi connectivity index (χ2n) is 6.29. The number of nitrogens with zero attached hydrogens (tertiary/aromatic N) is 2. The molecular formula is C19H19FN4O3S. The molecule has 28 heavy (non-hydrogen) atoms. The van der Waals surface area contributed by atoms with Gasteiger partial charge in [0.15, 0.2) is 5.69 Å². The number of hydrogen-bond donors (Lipinski definition) is 2. The number of benzene rings is 2. The minimum atomic E-state index is -3.39. The average Bonchev–Trinajstić information content (AvgIpc) is 3.11. The molecule has 0 bridgehead atoms. The Morgan fingerprint density at radius 2 is 1.89 bits per heavy atom. The van der Waals surface area contributed by atoms with E-state index in [0.29, 0.717) is 5.69 Å². The molecule has 2 N–H and O–H groups in total. The summed E-state index contributed by atoms with van der Waals surface area (Å²) in [6, 6.07) is 14.0. The molecule has 0 aliphatic heterocycles. The highest BCUT2D eigenvalue weighted by Crippen LogP contribution is 2.19. The van der Waals surface area contributed by atoms with Crippen molar-refractivity contribution in [2.75, 3.05) is 11.0 Å². The van der Waals surface area contributed by atoms with Gasteiger partial charge in [0.05, 0.1) is 12.3 Å². The molecule has 9 heteroatoms. The molecule has 7 nitrogen and oxygen atoms in total. The molecule has 1 heterocycles. The number of hydrogen-bond acceptors (Lipinski definition) is 4. The first-order valence-corrected chi connectivity index (χ1v) is 10.3. The lowest BCUT2D eigenvalue weighted by Crippen LogP contribution is -2.27. The van der Waals surface area contributed by atoms with Gasteiger partial charge in [-0.15, -0.1) is 0 Å². The summed E-state index contributed by atoms with van der Waals surface area (Å²) in [5, 5.41) is 6.92. The number of nitrogens with one attached hydrogen (secondary N) is 2. The lowest BCUT2D eigenvalue weighted by molar-refractivity contribution is 0.0934. The normalized spacial score (nSPS) is 12.4. The predicted octanol–water partition coefficient (Wildman–Crippen LogP) is 2.87. The van der Waals surface area contributed by atoms with E-state index in [4.69, 9.17) is 0 Å². The van der Waals surface area contributed by atoms with Gasteiger partial charge in [0.1, 0.15) is 11.5 Å². The van der Waals surface area contributed by atoms with Crippen molar-refractivity contribution in [1.29, 1.82) is 0 Å². The molecule has 1 amide bonds. The average molecular weight is 402 g/mol. The third-order valence-electron chi connectivity index (χ3n) is 3.96. The number of carbonyl (C=O) groups is 1. The largest absolute Gasteiger partial charge is 0.344 e. The Balaban J connectivity index is 1.73. The van der Waals surface area contributed by atoms with Crippen LogP contribution in [0.15, 0.2) is 60.8 Å². The number of carbonyl (C=O) groups excluding carboxylic acids is 1. The quantitative estimate of drug-likeness (QED) is 0.663. The topological polar surface area (TPSA) is 93.1 Å². The van der Waals surface area contributed by atoms with E-state index in [0.717, 1.165) is 11.8 Å². The number of para-hydroxylation sites is 1. The van der Waals surface area contributed by atoms with Gasteiger partial charge in [0.2, 0.25) is 10.0 Å². The zero-order valence-electron chi connectivity index (χ0n) is 15.3. The first-order valence-electron chi connectivity index (χ1n) is 8.42. The van der Waals surface area contributed by atoms with E-state index in [1.54, 1.807) is 49.4 Å². The van der Waals surface area contributed by atoms with Crippen LogP contribution < -0.4 is 10.0 Å². The van der Waals surface area contributed by atoms with E-state index >= 15 is 0 Å². The monoisotopic (exact) mass is 402 g/mol. The summed E-state index contributed by atoms with van der Waals surface area (Å²) in [5.74, 6) is -0.870. The molecule has 0 aliphatic carbocycles. The Bertz CT molecular complexity index is 1110. The SMILES string of the molecule is CC(NC(=O)c1ccn(-c2ccccc2F)n1)c1cccc(NS(C)(=O)=O)c1. The summed E-state index contributed by atoms with van der Waals surface area (Å²) in [6.45, 7) is 1.77. The van der Waals surface area contributed by atoms with Crippen molar-refractivity contribution in [2.24, 2.45) is 0 Å². The number of halogens is 1. The molecule has 0 fully saturated rings. The van der Waals surface area contributed by atoms with Crippen LogP contribution in [0.2, 0.25) is 0 Å². The molecule has 146 valence electrons. The highest BCUT2D eigenvalue weighted by Gasteiger charge is 2.16. The Kier molecular flexibility index (Phi) is 5.46. The molecule has 0 aliphatic rings. The molecule has 0 spiro atoms. The standard InChI is InChI=1S/C19H19FN4O3S/c1-13(14-6-5-7-15(12-14)23-28(2,26)27)21-19(25)17-10-11-24(22-17)18-9-4-3-8-16(18)20/h3-13,23H,1-2H3,(H,21,25). The maximum absolute atomic E-state index is 13.9. The van der Waals surface area contributed by atoms with Crippen LogP contribution in [0.1, 0.15) is 29.0 Å². The minimum Gasteiger partial charge on any atom is -0.344 e. The van der Waals surface area contributed by atoms with Crippen LogP contribution in [-0.2, 0) is 10.0 Å². The van der Waals surface area contributed by atoms with E-state index in [1.807, 2.05) is 0 Å². The fraction of sp³-hybridized carbons (Fsp3) is 0.158. The molecule has 0 saturated carbocycles. The Hall–Kier alpha value is -3.20. The second kappa shape index (κ2) is 7.81. The van der Waals surface area contributed by atoms with Gasteiger partial charge in [-0.25, -0.2) is 17.5 Å². The van der Waals surface area contributed by atoms with E-state index < -0.39 is 27.8 Å². The van der Waals surface area contributed by atoms with Gasteiger partial charge in [-0.3, -0.25) is 9.52 Å². The van der Waals surface area contributed by atoms with Gasteiger partial charge < -0.3 is 5.32 Å². The molecule has 1 aromatic heterocycles. The molecule has 1 atom stereocenters. The van der Waals surface area contributed by atoms with Crippen molar-refractivity contribution in [3.8, 4) is 5.69 Å². The van der Waals surface area contributed by atoms with Gasteiger partial charge in [0.25, 0.3) is 5.91 Å². The molecule has 1 unspecified atom stereocenters. The molecule has 3 aromatic rings. The Morgan fingerprint density at radius 3 is 2.61 bits per heavy atom. The first-order chi connectivity index (χ1) is 13.2. The molecule has 0 saturated heterocycles. The van der Waals surface area contributed by atoms with Crippen molar-refractivity contribution in [3.05, 3.63) is 77.9 Å². The summed E-state index contributed by atoms with van der Waals surface area (Å²) >= 11 is 0. The van der Waals surface area contributed by atoms with Crippen LogP contribution in [0.5, 0.6) is 0 Å². The van der Waals surface area contributed by atoms with Crippen molar-refractivity contribution in [3.63, 3.8) is 0 Å².